The number of aromatic nitrogens is 1. The summed E-state index contributed by atoms with van der Waals surface area (Å²) in [5.74, 6) is 1.85. The lowest BCUT2D eigenvalue weighted by Crippen LogP contribution is -2.33. The molecule has 0 aliphatic carbocycles. The van der Waals surface area contributed by atoms with E-state index in [1.807, 2.05) is 24.4 Å². The first kappa shape index (κ1) is 17.3. The first-order valence-electron chi connectivity index (χ1n) is 8.85. The molecule has 132 valence electrons. The topological polar surface area (TPSA) is 65.5 Å². The Morgan fingerprint density at radius 2 is 2.00 bits per heavy atom. The van der Waals surface area contributed by atoms with Crippen LogP contribution in [0.15, 0.2) is 42.6 Å². The maximum atomic E-state index is 12.0. The molecule has 25 heavy (non-hydrogen) atoms. The van der Waals surface area contributed by atoms with Crippen LogP contribution < -0.4 is 10.2 Å². The molecule has 5 heteroatoms. The zero-order valence-electron chi connectivity index (χ0n) is 14.6. The smallest absolute Gasteiger partial charge is 0.224 e. The fraction of sp³-hybridized carbons (Fsp3) is 0.400. The minimum Gasteiger partial charge on any atom is -0.508 e. The number of pyridine rings is 1. The van der Waals surface area contributed by atoms with Gasteiger partial charge in [-0.1, -0.05) is 31.2 Å². The van der Waals surface area contributed by atoms with Crippen molar-refractivity contribution in [2.45, 2.75) is 32.7 Å². The van der Waals surface area contributed by atoms with E-state index in [1.165, 1.54) is 12.8 Å². The van der Waals surface area contributed by atoms with Crippen LogP contribution in [0.3, 0.4) is 0 Å². The molecule has 3 rings (SSSR count). The highest BCUT2D eigenvalue weighted by Gasteiger charge is 2.16. The quantitative estimate of drug-likeness (QED) is 0.879. The molecule has 1 aliphatic rings. The third-order valence-corrected chi connectivity index (χ3v) is 4.75. The van der Waals surface area contributed by atoms with Gasteiger partial charge in [-0.05, 0) is 36.5 Å². The minimum absolute atomic E-state index is 0.115. The second-order valence-electron chi connectivity index (χ2n) is 6.78. The fourth-order valence-corrected chi connectivity index (χ4v) is 3.04. The molecule has 0 radical (unpaired) electrons. The van der Waals surface area contributed by atoms with Gasteiger partial charge in [-0.2, -0.15) is 0 Å². The zero-order valence-corrected chi connectivity index (χ0v) is 14.6. The first-order valence-corrected chi connectivity index (χ1v) is 8.85. The second kappa shape index (κ2) is 8.01. The van der Waals surface area contributed by atoms with Gasteiger partial charge in [0.05, 0.1) is 6.42 Å². The van der Waals surface area contributed by atoms with Gasteiger partial charge in [-0.3, -0.25) is 4.79 Å². The monoisotopic (exact) mass is 339 g/mol. The van der Waals surface area contributed by atoms with Gasteiger partial charge in [0.25, 0.3) is 0 Å². The lowest BCUT2D eigenvalue weighted by atomic mass is 9.99. The average molecular weight is 339 g/mol. The Kier molecular flexibility index (Phi) is 5.53. The van der Waals surface area contributed by atoms with E-state index in [1.54, 1.807) is 18.2 Å². The van der Waals surface area contributed by atoms with E-state index in [-0.39, 0.29) is 18.1 Å². The molecule has 0 spiro atoms. The van der Waals surface area contributed by atoms with Crippen LogP contribution in [0, 0.1) is 5.92 Å². The van der Waals surface area contributed by atoms with Crippen LogP contribution in [-0.2, 0) is 17.8 Å². The number of phenolic OH excluding ortho intramolecular Hbond substituents is 1. The summed E-state index contributed by atoms with van der Waals surface area (Å²) in [4.78, 5) is 18.9. The normalized spacial score (nSPS) is 15.2. The number of nitrogens with zero attached hydrogens (tertiary/aromatic N) is 2. The maximum absolute atomic E-state index is 12.0. The van der Waals surface area contributed by atoms with E-state index in [9.17, 15) is 9.90 Å². The van der Waals surface area contributed by atoms with E-state index >= 15 is 0 Å². The summed E-state index contributed by atoms with van der Waals surface area (Å²) in [5, 5.41) is 12.6. The van der Waals surface area contributed by atoms with Crippen LogP contribution in [0.5, 0.6) is 5.75 Å². The standard InChI is InChI=1S/C20H25N3O2/c1-15-8-10-23(11-9-15)19-7-6-16(13-21-19)14-22-20(25)12-17-4-2-3-5-18(17)24/h2-7,13,15,24H,8-12,14H2,1H3,(H,22,25). The van der Waals surface area contributed by atoms with Crippen molar-refractivity contribution in [2.75, 3.05) is 18.0 Å². The fourth-order valence-electron chi connectivity index (χ4n) is 3.04. The van der Waals surface area contributed by atoms with Gasteiger partial charge < -0.3 is 15.3 Å². The van der Waals surface area contributed by atoms with E-state index in [0.717, 1.165) is 30.4 Å². The Morgan fingerprint density at radius 3 is 2.68 bits per heavy atom. The summed E-state index contributed by atoms with van der Waals surface area (Å²) in [6.07, 6.45) is 4.43. The van der Waals surface area contributed by atoms with Crippen molar-refractivity contribution in [3.63, 3.8) is 0 Å². The maximum Gasteiger partial charge on any atom is 0.224 e. The van der Waals surface area contributed by atoms with Crippen molar-refractivity contribution >= 4 is 11.7 Å². The van der Waals surface area contributed by atoms with E-state index in [4.69, 9.17) is 0 Å². The summed E-state index contributed by atoms with van der Waals surface area (Å²) in [5.41, 5.74) is 1.60. The number of piperidine rings is 1. The Labute approximate surface area is 148 Å². The Balaban J connectivity index is 1.50. The number of aromatic hydroxyl groups is 1. The number of benzene rings is 1. The molecule has 2 aromatic rings. The van der Waals surface area contributed by atoms with Crippen molar-refractivity contribution in [1.29, 1.82) is 0 Å². The number of para-hydroxylation sites is 1. The minimum atomic E-state index is -0.115. The lowest BCUT2D eigenvalue weighted by Gasteiger charge is -2.31. The molecule has 1 saturated heterocycles. The number of rotatable bonds is 5. The Hall–Kier alpha value is -2.56. The third-order valence-electron chi connectivity index (χ3n) is 4.75. The van der Waals surface area contributed by atoms with Crippen molar-refractivity contribution in [3.05, 3.63) is 53.7 Å². The highest BCUT2D eigenvalue weighted by molar-refractivity contribution is 5.79. The number of anilines is 1. The Bertz CT molecular complexity index is 707. The van der Waals surface area contributed by atoms with Crippen LogP contribution in [0.1, 0.15) is 30.9 Å². The van der Waals surface area contributed by atoms with Gasteiger partial charge in [-0.25, -0.2) is 4.98 Å². The Morgan fingerprint density at radius 1 is 1.24 bits per heavy atom. The third kappa shape index (κ3) is 4.72. The lowest BCUT2D eigenvalue weighted by molar-refractivity contribution is -0.120. The molecule has 0 unspecified atom stereocenters. The predicted molar refractivity (Wildman–Crippen MR) is 98.5 cm³/mol. The number of carbonyl (C=O) groups excluding carboxylic acids is 1. The van der Waals surface area contributed by atoms with Gasteiger partial charge in [0.2, 0.25) is 5.91 Å². The number of hydrogen-bond donors (Lipinski definition) is 2. The van der Waals surface area contributed by atoms with E-state index < -0.39 is 0 Å². The van der Waals surface area contributed by atoms with E-state index in [2.05, 4.69) is 22.1 Å². The molecule has 1 amide bonds. The summed E-state index contributed by atoms with van der Waals surface area (Å²) in [7, 11) is 0. The molecule has 0 saturated carbocycles. The molecular formula is C20H25N3O2. The van der Waals surface area contributed by atoms with Crippen molar-refractivity contribution in [3.8, 4) is 5.75 Å². The number of phenols is 1. The largest absolute Gasteiger partial charge is 0.508 e. The van der Waals surface area contributed by atoms with Gasteiger partial charge in [0.15, 0.2) is 0 Å². The molecule has 0 bridgehead atoms. The van der Waals surface area contributed by atoms with Crippen LogP contribution in [0.2, 0.25) is 0 Å². The van der Waals surface area contributed by atoms with Crippen molar-refractivity contribution in [1.82, 2.24) is 10.3 Å². The van der Waals surface area contributed by atoms with Crippen molar-refractivity contribution < 1.29 is 9.90 Å². The van der Waals surface area contributed by atoms with Crippen LogP contribution >= 0.6 is 0 Å². The molecule has 1 aromatic carbocycles. The molecule has 1 fully saturated rings. The van der Waals surface area contributed by atoms with Crippen LogP contribution in [0.4, 0.5) is 5.82 Å². The molecule has 1 aliphatic heterocycles. The van der Waals surface area contributed by atoms with Crippen LogP contribution in [0.25, 0.3) is 0 Å². The molecule has 5 nitrogen and oxygen atoms in total. The SMILES string of the molecule is CC1CCN(c2ccc(CNC(=O)Cc3ccccc3O)cn2)CC1. The number of carbonyl (C=O) groups is 1. The van der Waals surface area contributed by atoms with Crippen LogP contribution in [-0.4, -0.2) is 29.1 Å². The van der Waals surface area contributed by atoms with Crippen molar-refractivity contribution in [2.24, 2.45) is 5.92 Å². The summed E-state index contributed by atoms with van der Waals surface area (Å²) in [6.45, 7) is 4.86. The highest BCUT2D eigenvalue weighted by Crippen LogP contribution is 2.21. The number of nitrogens with one attached hydrogen (secondary N) is 1. The second-order valence-corrected chi connectivity index (χ2v) is 6.78. The molecule has 2 N–H and O–H groups in total. The number of amides is 1. The van der Waals surface area contributed by atoms with Gasteiger partial charge >= 0.3 is 0 Å². The van der Waals surface area contributed by atoms with Gasteiger partial charge in [0, 0.05) is 31.4 Å². The molecule has 2 heterocycles. The number of hydrogen-bond acceptors (Lipinski definition) is 4. The molecular weight excluding hydrogens is 314 g/mol. The predicted octanol–water partition coefficient (Wildman–Crippen LogP) is 2.88. The van der Waals surface area contributed by atoms with E-state index in [0.29, 0.717) is 12.1 Å². The first-order chi connectivity index (χ1) is 12.1. The van der Waals surface area contributed by atoms with Gasteiger partial charge in [0.1, 0.15) is 11.6 Å². The highest BCUT2D eigenvalue weighted by atomic mass is 16.3. The zero-order chi connectivity index (χ0) is 17.6. The summed E-state index contributed by atoms with van der Waals surface area (Å²) in [6, 6.07) is 10.9. The molecule has 0 atom stereocenters. The summed E-state index contributed by atoms with van der Waals surface area (Å²) < 4.78 is 0. The van der Waals surface area contributed by atoms with Gasteiger partial charge in [-0.15, -0.1) is 0 Å². The molecule has 1 aromatic heterocycles. The summed E-state index contributed by atoms with van der Waals surface area (Å²) >= 11 is 0. The average Bonchev–Trinajstić information content (AvgIpc) is 2.63.